The molecule has 0 aromatic carbocycles. The van der Waals surface area contributed by atoms with Gasteiger partial charge in [0.05, 0.1) is 6.04 Å². The van der Waals surface area contributed by atoms with Gasteiger partial charge in [-0.15, -0.1) is 0 Å². The molecule has 0 saturated carbocycles. The average Bonchev–Trinajstić information content (AvgIpc) is 2.75. The first-order chi connectivity index (χ1) is 15.3. The van der Waals surface area contributed by atoms with Gasteiger partial charge in [-0.2, -0.15) is 0 Å². The summed E-state index contributed by atoms with van der Waals surface area (Å²) in [6, 6.07) is -5.20. The van der Waals surface area contributed by atoms with Crippen LogP contribution in [0.15, 0.2) is 0 Å². The number of nitrogens with two attached hydrogens (primary N) is 1. The predicted octanol–water partition coefficient (Wildman–Crippen LogP) is -2.40. The Kier molecular flexibility index (Phi) is 14.2. The zero-order chi connectivity index (χ0) is 25.7. The second-order valence-corrected chi connectivity index (χ2v) is 9.82. The average molecular weight is 536 g/mol. The van der Waals surface area contributed by atoms with Crippen molar-refractivity contribution in [1.29, 1.82) is 0 Å². The van der Waals surface area contributed by atoms with Crippen LogP contribution < -0.4 is 32.3 Å². The summed E-state index contributed by atoms with van der Waals surface area (Å²) >= 11 is 0.284. The van der Waals surface area contributed by atoms with E-state index in [0.717, 1.165) is 5.32 Å². The van der Waals surface area contributed by atoms with Crippen molar-refractivity contribution in [2.75, 3.05) is 0 Å². The molecule has 0 unspecified atom stereocenters. The number of hydrogen-bond donors (Lipinski definition) is 6. The summed E-state index contributed by atoms with van der Waals surface area (Å²) in [5.41, 5.74) is 5.44. The summed E-state index contributed by atoms with van der Waals surface area (Å²) in [6.07, 6.45) is 0.986. The monoisotopic (exact) mass is 536 g/mol. The Morgan fingerprint density at radius 1 is 0.727 bits per heavy atom. The fraction of sp³-hybridized carbons (Fsp3) is 0.700. The Bertz CT molecular complexity index is 719. The number of hydrogen-bond acceptors (Lipinski definition) is 7. The van der Waals surface area contributed by atoms with Crippen LogP contribution in [0.5, 0.6) is 0 Å². The third-order valence-electron chi connectivity index (χ3n) is 4.49. The van der Waals surface area contributed by atoms with Gasteiger partial charge in [0.15, 0.2) is 0 Å². The fourth-order valence-electron chi connectivity index (χ4n) is 2.38. The second kappa shape index (κ2) is 15.4. The molecule has 0 aromatic heterocycles. The third kappa shape index (κ3) is 11.8. The molecule has 0 aliphatic carbocycles. The van der Waals surface area contributed by atoms with Gasteiger partial charge in [0.2, 0.25) is 5.91 Å². The van der Waals surface area contributed by atoms with E-state index in [9.17, 15) is 28.8 Å². The van der Waals surface area contributed by atoms with E-state index in [0.29, 0.717) is 12.7 Å². The van der Waals surface area contributed by atoms with E-state index in [1.165, 1.54) is 34.6 Å². The number of aldehydes is 1. The first-order valence-electron chi connectivity index (χ1n) is 10.6. The van der Waals surface area contributed by atoms with E-state index >= 15 is 0 Å². The Morgan fingerprint density at radius 2 is 1.15 bits per heavy atom. The molecule has 0 heterocycles. The van der Waals surface area contributed by atoms with Crippen molar-refractivity contribution in [3.63, 3.8) is 0 Å². The summed E-state index contributed by atoms with van der Waals surface area (Å²) < 4.78 is 0. The molecule has 0 rings (SSSR count). The van der Waals surface area contributed by atoms with E-state index in [1.807, 2.05) is 5.82 Å². The zero-order valence-electron chi connectivity index (χ0n) is 19.9. The number of carbonyl (C=O) groups excluding carboxylic acids is 6. The van der Waals surface area contributed by atoms with Crippen LogP contribution in [0.4, 0.5) is 0 Å². The van der Waals surface area contributed by atoms with Gasteiger partial charge in [0.25, 0.3) is 0 Å². The van der Waals surface area contributed by atoms with Crippen molar-refractivity contribution >= 4 is 50.8 Å². The van der Waals surface area contributed by atoms with Crippen LogP contribution in [0.2, 0.25) is 11.1 Å². The van der Waals surface area contributed by atoms with Crippen molar-refractivity contribution in [3.8, 4) is 0 Å². The van der Waals surface area contributed by atoms with Gasteiger partial charge in [0.1, 0.15) is 0 Å². The fourth-order valence-corrected chi connectivity index (χ4v) is 3.37. The summed E-state index contributed by atoms with van der Waals surface area (Å²) in [7, 11) is 0. The Labute approximate surface area is 200 Å². The molecule has 13 heteroatoms. The summed E-state index contributed by atoms with van der Waals surface area (Å²) in [6.45, 7) is 7.32. The molecule has 0 bridgehead atoms. The quantitative estimate of drug-likeness (QED) is 0.106. The van der Waals surface area contributed by atoms with Gasteiger partial charge < -0.3 is 11.1 Å². The standard InChI is InChI=1S/C20H36N6O6Se/c1-10(9-27)22-20(32)15(7-8-33-6)26-19(31)14(5)25-18(30)13(4)24-17(29)12(3)23-16(28)11(2)21/h9-15H,7-8,21H2,1-6H3,(H,22,32)(H,23,28)(H,24,29)(H,25,30)(H,26,31)/t10-,11-,12-,13-,14-,15-/m0/s1. The van der Waals surface area contributed by atoms with Gasteiger partial charge in [-0.25, -0.2) is 0 Å². The van der Waals surface area contributed by atoms with E-state index in [2.05, 4.69) is 26.6 Å². The molecule has 188 valence electrons. The number of rotatable bonds is 14. The molecule has 0 spiro atoms. The molecule has 7 N–H and O–H groups in total. The van der Waals surface area contributed by atoms with E-state index in [1.54, 1.807) is 0 Å². The molecule has 5 amide bonds. The Morgan fingerprint density at radius 3 is 1.55 bits per heavy atom. The molecule has 0 saturated heterocycles. The maximum atomic E-state index is 12.5. The maximum absolute atomic E-state index is 12.5. The van der Waals surface area contributed by atoms with Gasteiger partial charge in [-0.05, 0) is 13.8 Å². The number of amides is 5. The van der Waals surface area contributed by atoms with Crippen molar-refractivity contribution in [2.45, 2.75) is 88.4 Å². The number of carbonyl (C=O) groups is 6. The molecule has 12 nitrogen and oxygen atoms in total. The zero-order valence-corrected chi connectivity index (χ0v) is 21.6. The van der Waals surface area contributed by atoms with Crippen LogP contribution in [0.3, 0.4) is 0 Å². The molecule has 0 aromatic rings. The van der Waals surface area contributed by atoms with Crippen LogP contribution in [0.1, 0.15) is 41.0 Å². The first-order valence-corrected chi connectivity index (χ1v) is 13.5. The number of nitrogens with one attached hydrogen (secondary N) is 5. The van der Waals surface area contributed by atoms with Crippen LogP contribution in [0.25, 0.3) is 0 Å². The normalized spacial score (nSPS) is 16.1. The molecule has 0 fully saturated rings. The summed E-state index contributed by atoms with van der Waals surface area (Å²) in [4.78, 5) is 71.8. The van der Waals surface area contributed by atoms with Crippen molar-refractivity contribution in [3.05, 3.63) is 0 Å². The van der Waals surface area contributed by atoms with Crippen molar-refractivity contribution in [1.82, 2.24) is 26.6 Å². The first kappa shape index (κ1) is 30.5. The van der Waals surface area contributed by atoms with Crippen LogP contribution in [-0.4, -0.2) is 87.0 Å². The van der Waals surface area contributed by atoms with Gasteiger partial charge in [0, 0.05) is 0 Å². The van der Waals surface area contributed by atoms with Crippen molar-refractivity contribution in [2.24, 2.45) is 5.73 Å². The summed E-state index contributed by atoms with van der Waals surface area (Å²) in [5.74, 6) is -0.781. The summed E-state index contributed by atoms with van der Waals surface area (Å²) in [5, 5.41) is 13.2. The van der Waals surface area contributed by atoms with Crippen LogP contribution >= 0.6 is 0 Å². The van der Waals surface area contributed by atoms with E-state index in [4.69, 9.17) is 5.73 Å². The molecule has 0 aliphatic heterocycles. The van der Waals surface area contributed by atoms with Gasteiger partial charge in [-0.1, -0.05) is 0 Å². The molecular weight excluding hydrogens is 499 g/mol. The topological polar surface area (TPSA) is 189 Å². The van der Waals surface area contributed by atoms with Gasteiger partial charge in [-0.3, -0.25) is 4.79 Å². The Hall–Kier alpha value is -2.50. The van der Waals surface area contributed by atoms with Crippen LogP contribution in [-0.2, 0) is 28.8 Å². The van der Waals surface area contributed by atoms with Crippen LogP contribution in [0, 0.1) is 0 Å². The second-order valence-electron chi connectivity index (χ2n) is 7.76. The third-order valence-corrected chi connectivity index (χ3v) is 5.84. The minimum atomic E-state index is -0.988. The molecule has 33 heavy (non-hydrogen) atoms. The van der Waals surface area contributed by atoms with Gasteiger partial charge >= 0.3 is 159 Å². The minimum absolute atomic E-state index is 0.284. The molecule has 6 atom stereocenters. The predicted molar refractivity (Wildman–Crippen MR) is 123 cm³/mol. The molecule has 0 aliphatic rings. The SMILES string of the molecule is C[Se]CC[C@H](NC(=O)[C@H](C)NC(=O)[C@H](C)NC(=O)[C@H](C)NC(=O)[C@H](C)N)C(=O)N[C@@H](C)C=O. The molecular formula is C20H36N6O6Se. The Balaban J connectivity index is 4.87. The van der Waals surface area contributed by atoms with Crippen molar-refractivity contribution < 1.29 is 28.8 Å². The van der Waals surface area contributed by atoms with E-state index in [-0.39, 0.29) is 15.0 Å². The van der Waals surface area contributed by atoms with E-state index < -0.39 is 65.8 Å². The molecule has 0 radical (unpaired) electrons.